The SMILES string of the molecule is CC(C)(c1cccc(C(C)(C)c2ccc(O)c(Cl)c2)c1)c1ccc(O)c(Cl)c1. The molecule has 3 aromatic rings. The molecule has 0 aliphatic carbocycles. The van der Waals surface area contributed by atoms with Gasteiger partial charge >= 0.3 is 0 Å². The average Bonchev–Trinajstić information content (AvgIpc) is 2.66. The molecule has 0 bridgehead atoms. The first-order valence-corrected chi connectivity index (χ1v) is 9.88. The molecule has 0 fully saturated rings. The molecule has 0 aliphatic heterocycles. The Labute approximate surface area is 176 Å². The van der Waals surface area contributed by atoms with E-state index in [0.717, 1.165) is 22.3 Å². The summed E-state index contributed by atoms with van der Waals surface area (Å²) in [6, 6.07) is 19.1. The molecule has 2 nitrogen and oxygen atoms in total. The maximum absolute atomic E-state index is 9.74. The Bertz CT molecular complexity index is 944. The molecule has 28 heavy (non-hydrogen) atoms. The van der Waals surface area contributed by atoms with Crippen LogP contribution in [0.5, 0.6) is 11.5 Å². The van der Waals surface area contributed by atoms with Gasteiger partial charge in [0.25, 0.3) is 0 Å². The fourth-order valence-corrected chi connectivity index (χ4v) is 3.78. The standard InChI is InChI=1S/C24H24Cl2O2/c1-23(2,17-8-10-21(27)19(25)13-17)15-6-5-7-16(12-15)24(3,4)18-9-11-22(28)20(26)14-18/h5-14,27-28H,1-4H3. The molecule has 4 heteroatoms. The normalized spacial score (nSPS) is 12.2. The summed E-state index contributed by atoms with van der Waals surface area (Å²) >= 11 is 12.3. The quantitative estimate of drug-likeness (QED) is 0.479. The first-order valence-electron chi connectivity index (χ1n) is 9.12. The van der Waals surface area contributed by atoms with Crippen molar-refractivity contribution < 1.29 is 10.2 Å². The van der Waals surface area contributed by atoms with E-state index in [4.69, 9.17) is 23.2 Å². The van der Waals surface area contributed by atoms with Gasteiger partial charge in [-0.1, -0.05) is 87.3 Å². The second-order valence-corrected chi connectivity index (χ2v) is 8.98. The number of benzene rings is 3. The van der Waals surface area contributed by atoms with Crippen LogP contribution in [0.25, 0.3) is 0 Å². The van der Waals surface area contributed by atoms with Gasteiger partial charge in [0.05, 0.1) is 10.0 Å². The number of hydrogen-bond donors (Lipinski definition) is 2. The summed E-state index contributed by atoms with van der Waals surface area (Å²) < 4.78 is 0. The van der Waals surface area contributed by atoms with Crippen LogP contribution < -0.4 is 0 Å². The summed E-state index contributed by atoms with van der Waals surface area (Å²) in [5.74, 6) is 0.167. The fraction of sp³-hybridized carbons (Fsp3) is 0.250. The molecule has 146 valence electrons. The van der Waals surface area contributed by atoms with E-state index in [1.165, 1.54) is 0 Å². The number of rotatable bonds is 4. The highest BCUT2D eigenvalue weighted by atomic mass is 35.5. The predicted molar refractivity (Wildman–Crippen MR) is 117 cm³/mol. The summed E-state index contributed by atoms with van der Waals surface area (Å²) in [6.07, 6.45) is 0. The summed E-state index contributed by atoms with van der Waals surface area (Å²) in [6.45, 7) is 8.55. The van der Waals surface area contributed by atoms with Gasteiger partial charge in [-0.05, 0) is 46.5 Å². The lowest BCUT2D eigenvalue weighted by molar-refractivity contribution is 0.474. The Morgan fingerprint density at radius 1 is 0.571 bits per heavy atom. The lowest BCUT2D eigenvalue weighted by atomic mass is 9.73. The van der Waals surface area contributed by atoms with E-state index >= 15 is 0 Å². The van der Waals surface area contributed by atoms with E-state index in [2.05, 4.69) is 52.0 Å². The number of aromatic hydroxyl groups is 2. The van der Waals surface area contributed by atoms with Gasteiger partial charge < -0.3 is 10.2 Å². The molecule has 0 aromatic heterocycles. The largest absolute Gasteiger partial charge is 0.506 e. The van der Waals surface area contributed by atoms with E-state index in [0.29, 0.717) is 10.0 Å². The van der Waals surface area contributed by atoms with Gasteiger partial charge in [0.1, 0.15) is 11.5 Å². The number of phenolic OH excluding ortho intramolecular Hbond substituents is 2. The van der Waals surface area contributed by atoms with Crippen LogP contribution >= 0.6 is 23.2 Å². The van der Waals surface area contributed by atoms with Crippen LogP contribution in [0.3, 0.4) is 0 Å². The topological polar surface area (TPSA) is 40.5 Å². The Kier molecular flexibility index (Phi) is 5.40. The van der Waals surface area contributed by atoms with Gasteiger partial charge in [0.2, 0.25) is 0 Å². The molecule has 0 radical (unpaired) electrons. The minimum absolute atomic E-state index is 0.0836. The fourth-order valence-electron chi connectivity index (χ4n) is 3.42. The van der Waals surface area contributed by atoms with Crippen LogP contribution in [0.4, 0.5) is 0 Å². The minimum atomic E-state index is -0.296. The van der Waals surface area contributed by atoms with Crippen molar-refractivity contribution in [1.82, 2.24) is 0 Å². The maximum atomic E-state index is 9.74. The van der Waals surface area contributed by atoms with E-state index in [1.807, 2.05) is 24.3 Å². The lowest BCUT2D eigenvalue weighted by Crippen LogP contribution is -2.23. The summed E-state index contributed by atoms with van der Waals surface area (Å²) in [5, 5.41) is 20.2. The Morgan fingerprint density at radius 2 is 0.929 bits per heavy atom. The Hall–Kier alpha value is -2.16. The zero-order valence-electron chi connectivity index (χ0n) is 16.4. The van der Waals surface area contributed by atoms with Gasteiger partial charge in [-0.15, -0.1) is 0 Å². The minimum Gasteiger partial charge on any atom is -0.506 e. The third-order valence-corrected chi connectivity index (χ3v) is 6.25. The molecular weight excluding hydrogens is 391 g/mol. The van der Waals surface area contributed by atoms with Crippen LogP contribution in [0.15, 0.2) is 60.7 Å². The molecule has 3 rings (SSSR count). The van der Waals surface area contributed by atoms with E-state index in [-0.39, 0.29) is 22.3 Å². The number of halogens is 2. The van der Waals surface area contributed by atoms with Crippen molar-refractivity contribution in [1.29, 1.82) is 0 Å². The second-order valence-electron chi connectivity index (χ2n) is 8.16. The molecule has 0 heterocycles. The smallest absolute Gasteiger partial charge is 0.134 e. The van der Waals surface area contributed by atoms with E-state index in [9.17, 15) is 10.2 Å². The number of phenols is 2. The number of hydrogen-bond acceptors (Lipinski definition) is 2. The molecule has 0 spiro atoms. The predicted octanol–water partition coefficient (Wildman–Crippen LogP) is 7.06. The maximum Gasteiger partial charge on any atom is 0.134 e. The molecule has 0 unspecified atom stereocenters. The lowest BCUT2D eigenvalue weighted by Gasteiger charge is -2.31. The highest BCUT2D eigenvalue weighted by Crippen LogP contribution is 2.39. The van der Waals surface area contributed by atoms with Crippen molar-refractivity contribution >= 4 is 23.2 Å². The first kappa shape index (κ1) is 20.6. The van der Waals surface area contributed by atoms with Crippen LogP contribution in [0.1, 0.15) is 49.9 Å². The van der Waals surface area contributed by atoms with Gasteiger partial charge in [0.15, 0.2) is 0 Å². The molecular formula is C24H24Cl2O2. The highest BCUT2D eigenvalue weighted by molar-refractivity contribution is 6.32. The van der Waals surface area contributed by atoms with Crippen molar-refractivity contribution in [2.45, 2.75) is 38.5 Å². The van der Waals surface area contributed by atoms with Crippen LogP contribution in [-0.2, 0) is 10.8 Å². The van der Waals surface area contributed by atoms with Crippen molar-refractivity contribution in [3.63, 3.8) is 0 Å². The highest BCUT2D eigenvalue weighted by Gasteiger charge is 2.28. The van der Waals surface area contributed by atoms with Gasteiger partial charge in [-0.25, -0.2) is 0 Å². The molecule has 0 amide bonds. The van der Waals surface area contributed by atoms with Crippen molar-refractivity contribution in [2.75, 3.05) is 0 Å². The molecule has 0 saturated carbocycles. The molecule has 2 N–H and O–H groups in total. The molecule has 0 saturated heterocycles. The third-order valence-electron chi connectivity index (χ3n) is 5.64. The van der Waals surface area contributed by atoms with Crippen molar-refractivity contribution in [3.05, 3.63) is 93.0 Å². The summed E-state index contributed by atoms with van der Waals surface area (Å²) in [7, 11) is 0. The third kappa shape index (κ3) is 3.72. The summed E-state index contributed by atoms with van der Waals surface area (Å²) in [4.78, 5) is 0. The summed E-state index contributed by atoms with van der Waals surface area (Å²) in [5.41, 5.74) is 3.75. The van der Waals surface area contributed by atoms with Gasteiger partial charge in [-0.3, -0.25) is 0 Å². The van der Waals surface area contributed by atoms with Crippen molar-refractivity contribution in [3.8, 4) is 11.5 Å². The molecule has 3 aromatic carbocycles. The van der Waals surface area contributed by atoms with E-state index < -0.39 is 0 Å². The second kappa shape index (κ2) is 7.35. The van der Waals surface area contributed by atoms with Gasteiger partial charge in [-0.2, -0.15) is 0 Å². The Balaban J connectivity index is 2.05. The first-order chi connectivity index (χ1) is 13.0. The van der Waals surface area contributed by atoms with Crippen LogP contribution in [-0.4, -0.2) is 10.2 Å². The zero-order valence-corrected chi connectivity index (χ0v) is 17.9. The van der Waals surface area contributed by atoms with Gasteiger partial charge in [0, 0.05) is 10.8 Å². The monoisotopic (exact) mass is 414 g/mol. The Morgan fingerprint density at radius 3 is 1.29 bits per heavy atom. The van der Waals surface area contributed by atoms with E-state index in [1.54, 1.807) is 12.1 Å². The molecule has 0 aliphatic rings. The average molecular weight is 415 g/mol. The van der Waals surface area contributed by atoms with Crippen LogP contribution in [0, 0.1) is 0 Å². The van der Waals surface area contributed by atoms with Crippen molar-refractivity contribution in [2.24, 2.45) is 0 Å². The van der Waals surface area contributed by atoms with Crippen LogP contribution in [0.2, 0.25) is 10.0 Å². The zero-order chi connectivity index (χ0) is 20.7. The molecule has 0 atom stereocenters.